The second kappa shape index (κ2) is 8.25. The molecule has 0 aliphatic rings. The predicted molar refractivity (Wildman–Crippen MR) is 119 cm³/mol. The number of aryl methyl sites for hydroxylation is 1. The SMILES string of the molecule is CCc1nc2c(C#N)cccn2c1-c1cccc(OCc2cccc(S(C)(=O)=O)c2)c1. The summed E-state index contributed by atoms with van der Waals surface area (Å²) in [5, 5.41) is 9.41. The number of hydrogen-bond donors (Lipinski definition) is 0. The third-order valence-corrected chi connectivity index (χ3v) is 6.13. The third-order valence-electron chi connectivity index (χ3n) is 5.02. The van der Waals surface area contributed by atoms with Crippen LogP contribution in [0.3, 0.4) is 0 Å². The lowest BCUT2D eigenvalue weighted by Crippen LogP contribution is -2.00. The average molecular weight is 432 g/mol. The Labute approximate surface area is 181 Å². The number of pyridine rings is 1. The number of aromatic nitrogens is 2. The van der Waals surface area contributed by atoms with E-state index in [0.29, 0.717) is 17.0 Å². The maximum Gasteiger partial charge on any atom is 0.175 e. The Bertz CT molecular complexity index is 1420. The summed E-state index contributed by atoms with van der Waals surface area (Å²) in [6.45, 7) is 2.28. The first kappa shape index (κ1) is 20.6. The van der Waals surface area contributed by atoms with E-state index in [1.165, 1.54) is 6.26 Å². The largest absolute Gasteiger partial charge is 0.489 e. The fraction of sp³-hybridized carbons (Fsp3) is 0.167. The number of sulfone groups is 1. The Balaban J connectivity index is 1.67. The van der Waals surface area contributed by atoms with Crippen LogP contribution in [0.2, 0.25) is 0 Å². The van der Waals surface area contributed by atoms with Gasteiger partial charge in [0, 0.05) is 18.0 Å². The van der Waals surface area contributed by atoms with Gasteiger partial charge in [-0.25, -0.2) is 13.4 Å². The maximum absolute atomic E-state index is 11.8. The summed E-state index contributed by atoms with van der Waals surface area (Å²) in [7, 11) is -3.27. The minimum Gasteiger partial charge on any atom is -0.489 e. The molecule has 6 nitrogen and oxygen atoms in total. The minimum absolute atomic E-state index is 0.249. The van der Waals surface area contributed by atoms with Crippen LogP contribution in [-0.4, -0.2) is 24.1 Å². The molecule has 156 valence electrons. The van der Waals surface area contributed by atoms with Crippen molar-refractivity contribution < 1.29 is 13.2 Å². The van der Waals surface area contributed by atoms with E-state index in [0.717, 1.165) is 28.9 Å². The van der Waals surface area contributed by atoms with Crippen molar-refractivity contribution in [2.45, 2.75) is 24.8 Å². The molecule has 7 heteroatoms. The summed E-state index contributed by atoms with van der Waals surface area (Å²) >= 11 is 0. The van der Waals surface area contributed by atoms with Crippen LogP contribution >= 0.6 is 0 Å². The van der Waals surface area contributed by atoms with Crippen LogP contribution in [-0.2, 0) is 22.9 Å². The molecule has 2 heterocycles. The third kappa shape index (κ3) is 4.16. The molecule has 2 aromatic carbocycles. The van der Waals surface area contributed by atoms with E-state index in [4.69, 9.17) is 4.74 Å². The van der Waals surface area contributed by atoms with Crippen molar-refractivity contribution in [3.05, 3.63) is 83.7 Å². The van der Waals surface area contributed by atoms with E-state index >= 15 is 0 Å². The molecule has 0 unspecified atom stereocenters. The van der Waals surface area contributed by atoms with Gasteiger partial charge < -0.3 is 4.74 Å². The number of fused-ring (bicyclic) bond motifs is 1. The molecule has 0 saturated heterocycles. The van der Waals surface area contributed by atoms with Gasteiger partial charge in [0.25, 0.3) is 0 Å². The molecule has 0 N–H and O–H groups in total. The number of benzene rings is 2. The summed E-state index contributed by atoms with van der Waals surface area (Å²) in [6, 6.07) is 20.2. The molecule has 0 amide bonds. The topological polar surface area (TPSA) is 84.5 Å². The van der Waals surface area contributed by atoms with Crippen molar-refractivity contribution in [1.82, 2.24) is 9.38 Å². The molecule has 2 aromatic heterocycles. The van der Waals surface area contributed by atoms with Crippen LogP contribution in [0.1, 0.15) is 23.7 Å². The van der Waals surface area contributed by atoms with E-state index in [-0.39, 0.29) is 11.5 Å². The molecular weight excluding hydrogens is 410 g/mol. The Hall–Kier alpha value is -3.63. The highest BCUT2D eigenvalue weighted by Crippen LogP contribution is 2.30. The normalized spacial score (nSPS) is 11.4. The van der Waals surface area contributed by atoms with Gasteiger partial charge in [-0.3, -0.25) is 4.40 Å². The van der Waals surface area contributed by atoms with Crippen LogP contribution in [0.15, 0.2) is 71.8 Å². The van der Waals surface area contributed by atoms with E-state index in [1.54, 1.807) is 24.3 Å². The number of nitrogens with zero attached hydrogens (tertiary/aromatic N) is 3. The lowest BCUT2D eigenvalue weighted by Gasteiger charge is -2.10. The molecule has 0 aliphatic carbocycles. The first-order valence-corrected chi connectivity index (χ1v) is 11.7. The number of ether oxygens (including phenoxy) is 1. The van der Waals surface area contributed by atoms with Crippen LogP contribution in [0.5, 0.6) is 5.75 Å². The lowest BCUT2D eigenvalue weighted by molar-refractivity contribution is 0.306. The number of imidazole rings is 1. The molecule has 0 aliphatic heterocycles. The number of nitriles is 1. The highest BCUT2D eigenvalue weighted by atomic mass is 32.2. The monoisotopic (exact) mass is 431 g/mol. The summed E-state index contributed by atoms with van der Waals surface area (Å²) in [5.74, 6) is 0.663. The molecule has 0 fully saturated rings. The smallest absolute Gasteiger partial charge is 0.175 e. The standard InChI is InChI=1S/C24H21N3O3S/c1-3-22-23(27-12-6-9-19(15-25)24(27)26-22)18-8-5-10-20(14-18)30-16-17-7-4-11-21(13-17)31(2,28)29/h4-14H,3,16H2,1-2H3. The number of rotatable bonds is 6. The first-order valence-electron chi connectivity index (χ1n) is 9.83. The molecule has 4 aromatic rings. The quantitative estimate of drug-likeness (QED) is 0.451. The zero-order valence-corrected chi connectivity index (χ0v) is 18.1. The fourth-order valence-corrected chi connectivity index (χ4v) is 4.21. The van der Waals surface area contributed by atoms with Gasteiger partial charge in [-0.2, -0.15) is 5.26 Å². The highest BCUT2D eigenvalue weighted by molar-refractivity contribution is 7.90. The Morgan fingerprint density at radius 3 is 2.65 bits per heavy atom. The van der Waals surface area contributed by atoms with Gasteiger partial charge in [-0.1, -0.05) is 31.2 Å². The zero-order chi connectivity index (χ0) is 22.0. The molecule has 0 bridgehead atoms. The van der Waals surface area contributed by atoms with Crippen LogP contribution in [0.4, 0.5) is 0 Å². The van der Waals surface area contributed by atoms with Crippen molar-refractivity contribution in [2.75, 3.05) is 6.26 Å². The van der Waals surface area contributed by atoms with E-state index in [2.05, 4.69) is 11.1 Å². The van der Waals surface area contributed by atoms with Crippen molar-refractivity contribution in [1.29, 1.82) is 5.26 Å². The van der Waals surface area contributed by atoms with Crippen molar-refractivity contribution in [3.8, 4) is 23.1 Å². The zero-order valence-electron chi connectivity index (χ0n) is 17.2. The van der Waals surface area contributed by atoms with Gasteiger partial charge in [-0.05, 0) is 48.4 Å². The fourth-order valence-electron chi connectivity index (χ4n) is 3.52. The van der Waals surface area contributed by atoms with Gasteiger partial charge in [0.2, 0.25) is 0 Å². The first-order chi connectivity index (χ1) is 14.9. The summed E-state index contributed by atoms with van der Waals surface area (Å²) in [6.07, 6.45) is 3.82. The van der Waals surface area contributed by atoms with Crippen molar-refractivity contribution in [2.24, 2.45) is 0 Å². The highest BCUT2D eigenvalue weighted by Gasteiger charge is 2.16. The predicted octanol–water partition coefficient (Wildman–Crippen LogP) is 4.42. The second-order valence-corrected chi connectivity index (χ2v) is 9.24. The van der Waals surface area contributed by atoms with Crippen molar-refractivity contribution >= 4 is 15.5 Å². The number of hydrogen-bond acceptors (Lipinski definition) is 5. The van der Waals surface area contributed by atoms with Gasteiger partial charge in [0.15, 0.2) is 15.5 Å². The van der Waals surface area contributed by atoms with Gasteiger partial charge in [0.05, 0.1) is 21.8 Å². The molecular formula is C24H21N3O3S. The van der Waals surface area contributed by atoms with Gasteiger partial charge in [0.1, 0.15) is 18.4 Å². The van der Waals surface area contributed by atoms with Crippen LogP contribution < -0.4 is 4.74 Å². The Morgan fingerprint density at radius 1 is 1.10 bits per heavy atom. The van der Waals surface area contributed by atoms with Crippen LogP contribution in [0, 0.1) is 11.3 Å². The maximum atomic E-state index is 11.8. The molecule has 0 saturated carbocycles. The molecule has 0 atom stereocenters. The minimum atomic E-state index is -3.27. The summed E-state index contributed by atoms with van der Waals surface area (Å²) in [5.41, 5.74) is 4.71. The molecule has 4 rings (SSSR count). The molecule has 31 heavy (non-hydrogen) atoms. The van der Waals surface area contributed by atoms with Crippen molar-refractivity contribution in [3.63, 3.8) is 0 Å². The van der Waals surface area contributed by atoms with Gasteiger partial charge >= 0.3 is 0 Å². The van der Waals surface area contributed by atoms with E-state index in [9.17, 15) is 13.7 Å². The summed E-state index contributed by atoms with van der Waals surface area (Å²) in [4.78, 5) is 4.95. The van der Waals surface area contributed by atoms with E-state index < -0.39 is 9.84 Å². The Kier molecular flexibility index (Phi) is 5.49. The lowest BCUT2D eigenvalue weighted by atomic mass is 10.1. The van der Waals surface area contributed by atoms with Crippen LogP contribution in [0.25, 0.3) is 16.9 Å². The van der Waals surface area contributed by atoms with E-state index in [1.807, 2.05) is 53.9 Å². The second-order valence-electron chi connectivity index (χ2n) is 7.22. The summed E-state index contributed by atoms with van der Waals surface area (Å²) < 4.78 is 31.4. The Morgan fingerprint density at radius 2 is 1.90 bits per heavy atom. The van der Waals surface area contributed by atoms with Gasteiger partial charge in [-0.15, -0.1) is 0 Å². The average Bonchev–Trinajstić information content (AvgIpc) is 3.16. The molecule has 0 spiro atoms. The molecule has 0 radical (unpaired) electrons.